The maximum absolute atomic E-state index is 11.6. The molecule has 1 saturated heterocycles. The normalized spacial score (nSPS) is 17.0. The highest BCUT2D eigenvalue weighted by atomic mass is 32.1. The van der Waals surface area contributed by atoms with E-state index >= 15 is 0 Å². The summed E-state index contributed by atoms with van der Waals surface area (Å²) in [6.45, 7) is 8.17. The number of methoxy groups -OCH3 is 1. The predicted molar refractivity (Wildman–Crippen MR) is 152 cm³/mol. The SMILES string of the molecule is COc1ccc([N+](=O)[O-])cc1-n1c(C)cc(C2C(c3ccccn3)NC(=S)N2c2cc(C)cc(C)c2)c1C. The largest absolute Gasteiger partial charge is 0.495 e. The molecule has 9 heteroatoms. The lowest BCUT2D eigenvalue weighted by Crippen LogP contribution is -2.29. The summed E-state index contributed by atoms with van der Waals surface area (Å²) < 4.78 is 7.62. The molecule has 0 amide bonds. The smallest absolute Gasteiger partial charge is 0.271 e. The van der Waals surface area contributed by atoms with Gasteiger partial charge >= 0.3 is 0 Å². The molecule has 2 unspecified atom stereocenters. The van der Waals surface area contributed by atoms with Crippen LogP contribution in [-0.4, -0.2) is 26.7 Å². The summed E-state index contributed by atoms with van der Waals surface area (Å²) in [4.78, 5) is 18.0. The fraction of sp³-hybridized carbons (Fsp3) is 0.241. The summed E-state index contributed by atoms with van der Waals surface area (Å²) in [6, 6.07) is 18.6. The van der Waals surface area contributed by atoms with Crippen LogP contribution in [0.2, 0.25) is 0 Å². The number of nitrogens with one attached hydrogen (secondary N) is 1. The fourth-order valence-electron chi connectivity index (χ4n) is 5.46. The molecule has 2 aromatic carbocycles. The molecule has 1 aliphatic heterocycles. The van der Waals surface area contributed by atoms with Crippen LogP contribution in [0.5, 0.6) is 5.75 Å². The summed E-state index contributed by atoms with van der Waals surface area (Å²) in [7, 11) is 1.57. The van der Waals surface area contributed by atoms with E-state index in [1.165, 1.54) is 6.07 Å². The van der Waals surface area contributed by atoms with Crippen LogP contribution in [0.15, 0.2) is 66.9 Å². The van der Waals surface area contributed by atoms with Crippen molar-refractivity contribution in [1.82, 2.24) is 14.9 Å². The van der Waals surface area contributed by atoms with E-state index in [0.717, 1.165) is 39.5 Å². The molecule has 0 saturated carbocycles. The summed E-state index contributed by atoms with van der Waals surface area (Å²) in [6.07, 6.45) is 1.79. The van der Waals surface area contributed by atoms with Gasteiger partial charge in [0.25, 0.3) is 5.69 Å². The minimum absolute atomic E-state index is 0.00165. The Morgan fingerprint density at radius 3 is 2.39 bits per heavy atom. The van der Waals surface area contributed by atoms with E-state index in [-0.39, 0.29) is 17.8 Å². The van der Waals surface area contributed by atoms with Gasteiger partial charge in [-0.3, -0.25) is 15.1 Å². The number of hydrogen-bond donors (Lipinski definition) is 1. The molecule has 1 N–H and O–H groups in total. The Kier molecular flexibility index (Phi) is 6.62. The van der Waals surface area contributed by atoms with E-state index < -0.39 is 4.92 Å². The molecule has 194 valence electrons. The van der Waals surface area contributed by atoms with E-state index in [1.54, 1.807) is 25.4 Å². The van der Waals surface area contributed by atoms with Crippen molar-refractivity contribution in [2.75, 3.05) is 12.0 Å². The van der Waals surface area contributed by atoms with Gasteiger partial charge in [-0.05, 0) is 93.0 Å². The molecule has 0 spiro atoms. The Labute approximate surface area is 227 Å². The van der Waals surface area contributed by atoms with Crippen molar-refractivity contribution in [2.45, 2.75) is 39.8 Å². The van der Waals surface area contributed by atoms with Gasteiger partial charge in [0.1, 0.15) is 5.75 Å². The van der Waals surface area contributed by atoms with Gasteiger partial charge in [-0.1, -0.05) is 12.1 Å². The zero-order valence-corrected chi connectivity index (χ0v) is 22.7. The Balaban J connectivity index is 1.72. The molecule has 0 radical (unpaired) electrons. The molecule has 38 heavy (non-hydrogen) atoms. The Morgan fingerprint density at radius 2 is 1.76 bits per heavy atom. The van der Waals surface area contributed by atoms with Crippen molar-refractivity contribution in [3.05, 3.63) is 111 Å². The van der Waals surface area contributed by atoms with Crippen molar-refractivity contribution < 1.29 is 9.66 Å². The van der Waals surface area contributed by atoms with Gasteiger partial charge in [0.15, 0.2) is 5.11 Å². The molecule has 0 aliphatic carbocycles. The van der Waals surface area contributed by atoms with Crippen molar-refractivity contribution in [3.8, 4) is 11.4 Å². The zero-order valence-electron chi connectivity index (χ0n) is 21.9. The van der Waals surface area contributed by atoms with E-state index in [1.807, 2.05) is 36.6 Å². The number of nitro benzene ring substituents is 1. The van der Waals surface area contributed by atoms with E-state index in [9.17, 15) is 10.1 Å². The third-order valence-electron chi connectivity index (χ3n) is 6.99. The van der Waals surface area contributed by atoms with Gasteiger partial charge in [0.05, 0.1) is 35.5 Å². The topological polar surface area (TPSA) is 85.5 Å². The van der Waals surface area contributed by atoms with Crippen LogP contribution in [0.4, 0.5) is 11.4 Å². The highest BCUT2D eigenvalue weighted by molar-refractivity contribution is 7.80. The zero-order chi connectivity index (χ0) is 27.1. The van der Waals surface area contributed by atoms with Gasteiger partial charge in [-0.15, -0.1) is 0 Å². The number of rotatable bonds is 6. The average Bonchev–Trinajstić information content (AvgIpc) is 3.38. The first-order valence-corrected chi connectivity index (χ1v) is 12.7. The highest BCUT2D eigenvalue weighted by Crippen LogP contribution is 2.44. The summed E-state index contributed by atoms with van der Waals surface area (Å²) in [5.74, 6) is 0.552. The second-order valence-electron chi connectivity index (χ2n) is 9.62. The average molecular weight is 528 g/mol. The van der Waals surface area contributed by atoms with Crippen LogP contribution in [0.1, 0.15) is 45.9 Å². The van der Waals surface area contributed by atoms with Gasteiger partial charge < -0.3 is 19.5 Å². The first-order chi connectivity index (χ1) is 18.2. The molecule has 1 aliphatic rings. The highest BCUT2D eigenvalue weighted by Gasteiger charge is 2.42. The number of benzene rings is 2. The van der Waals surface area contributed by atoms with Gasteiger partial charge in [0, 0.05) is 35.4 Å². The Hall–Kier alpha value is -4.24. The molecular formula is C29H29N5O3S. The standard InChI is InChI=1S/C29H29N5O3S/c1-17-12-18(2)14-22(13-17)33-28(27(31-29(33)38)24-8-6-7-11-30-24)23-15-19(3)32(20(23)4)25-16-21(34(35)36)9-10-26(25)37-5/h6-16,27-28H,1-5H3,(H,31,38). The van der Waals surface area contributed by atoms with Crippen LogP contribution >= 0.6 is 12.2 Å². The monoisotopic (exact) mass is 527 g/mol. The molecule has 5 rings (SSSR count). The molecule has 1 fully saturated rings. The minimum Gasteiger partial charge on any atom is -0.495 e. The summed E-state index contributed by atoms with van der Waals surface area (Å²) in [5, 5.41) is 15.7. The van der Waals surface area contributed by atoms with E-state index in [4.69, 9.17) is 17.0 Å². The van der Waals surface area contributed by atoms with Crippen LogP contribution in [0.25, 0.3) is 5.69 Å². The quantitative estimate of drug-likeness (QED) is 0.182. The van der Waals surface area contributed by atoms with Gasteiger partial charge in [0.2, 0.25) is 0 Å². The Bertz CT molecular complexity index is 1530. The van der Waals surface area contributed by atoms with Crippen LogP contribution in [0, 0.1) is 37.8 Å². The van der Waals surface area contributed by atoms with E-state index in [2.05, 4.69) is 53.3 Å². The number of nitro groups is 1. The maximum Gasteiger partial charge on any atom is 0.271 e. The number of pyridine rings is 1. The van der Waals surface area contributed by atoms with Gasteiger partial charge in [-0.25, -0.2) is 0 Å². The second kappa shape index (κ2) is 9.90. The van der Waals surface area contributed by atoms with Crippen LogP contribution in [0.3, 0.4) is 0 Å². The van der Waals surface area contributed by atoms with E-state index in [0.29, 0.717) is 16.5 Å². The van der Waals surface area contributed by atoms with Crippen molar-refractivity contribution in [1.29, 1.82) is 0 Å². The van der Waals surface area contributed by atoms with Crippen LogP contribution in [-0.2, 0) is 0 Å². The number of aryl methyl sites for hydroxylation is 3. The van der Waals surface area contributed by atoms with Crippen molar-refractivity contribution >= 4 is 28.7 Å². The first kappa shape index (κ1) is 25.4. The number of non-ortho nitro benzene ring substituents is 1. The maximum atomic E-state index is 11.6. The summed E-state index contributed by atoms with van der Waals surface area (Å²) >= 11 is 5.91. The van der Waals surface area contributed by atoms with Crippen LogP contribution < -0.4 is 15.0 Å². The molecule has 3 heterocycles. The lowest BCUT2D eigenvalue weighted by Gasteiger charge is -2.29. The number of hydrogen-bond acceptors (Lipinski definition) is 5. The van der Waals surface area contributed by atoms with Gasteiger partial charge in [-0.2, -0.15) is 0 Å². The first-order valence-electron chi connectivity index (χ1n) is 12.3. The van der Waals surface area contributed by atoms with Crippen molar-refractivity contribution in [3.63, 3.8) is 0 Å². The molecule has 4 aromatic rings. The third kappa shape index (κ3) is 4.39. The number of anilines is 1. The number of aromatic nitrogens is 2. The molecule has 0 bridgehead atoms. The molecular weight excluding hydrogens is 498 g/mol. The Morgan fingerprint density at radius 1 is 1.03 bits per heavy atom. The minimum atomic E-state index is -0.393. The molecule has 8 nitrogen and oxygen atoms in total. The number of thiocarbonyl (C=S) groups is 1. The number of ether oxygens (including phenoxy) is 1. The molecule has 2 atom stereocenters. The lowest BCUT2D eigenvalue weighted by molar-refractivity contribution is -0.384. The lowest BCUT2D eigenvalue weighted by atomic mass is 9.96. The number of nitrogens with zero attached hydrogens (tertiary/aromatic N) is 4. The molecule has 2 aromatic heterocycles. The third-order valence-corrected chi connectivity index (χ3v) is 7.30. The fourth-order valence-corrected chi connectivity index (χ4v) is 5.81. The second-order valence-corrected chi connectivity index (χ2v) is 10.0. The van der Waals surface area contributed by atoms with Crippen molar-refractivity contribution in [2.24, 2.45) is 0 Å². The summed E-state index contributed by atoms with van der Waals surface area (Å²) in [5.41, 5.74) is 7.70. The predicted octanol–water partition coefficient (Wildman–Crippen LogP) is 6.20.